The molecule has 4 rings (SSSR count). The molecule has 8 heteroatoms. The second kappa shape index (κ2) is 8.84. The molecular weight excluding hydrogens is 421 g/mol. The molecule has 0 aromatic heterocycles. The highest BCUT2D eigenvalue weighted by atomic mass is 19.4. The molecule has 2 aromatic rings. The first-order chi connectivity index (χ1) is 15.2. The Hall–Kier alpha value is -2.42. The first kappa shape index (κ1) is 22.8. The predicted molar refractivity (Wildman–Crippen MR) is 113 cm³/mol. The third kappa shape index (κ3) is 4.40. The van der Waals surface area contributed by atoms with Gasteiger partial charge in [0.25, 0.3) is 0 Å². The maximum Gasteiger partial charge on any atom is 0.416 e. The summed E-state index contributed by atoms with van der Waals surface area (Å²) >= 11 is 0. The lowest BCUT2D eigenvalue weighted by Crippen LogP contribution is -2.46. The van der Waals surface area contributed by atoms with Crippen molar-refractivity contribution in [1.82, 2.24) is 9.80 Å². The number of carbonyl (C=O) groups is 1. The molecule has 0 amide bonds. The summed E-state index contributed by atoms with van der Waals surface area (Å²) in [6, 6.07) is 10.7. The number of likely N-dealkylation sites (tertiary alicyclic amines) is 1. The van der Waals surface area contributed by atoms with Gasteiger partial charge in [-0.2, -0.15) is 13.2 Å². The van der Waals surface area contributed by atoms with E-state index in [1.54, 1.807) is 29.2 Å². The number of rotatable bonds is 4. The van der Waals surface area contributed by atoms with E-state index in [4.69, 9.17) is 0 Å². The van der Waals surface area contributed by atoms with E-state index in [-0.39, 0.29) is 5.92 Å². The minimum Gasteiger partial charge on any atom is -0.481 e. The van der Waals surface area contributed by atoms with Crippen molar-refractivity contribution in [2.24, 2.45) is 5.92 Å². The van der Waals surface area contributed by atoms with E-state index >= 15 is 0 Å². The quantitative estimate of drug-likeness (QED) is 0.732. The molecule has 3 unspecified atom stereocenters. The second-order valence-electron chi connectivity index (χ2n) is 8.83. The van der Waals surface area contributed by atoms with Gasteiger partial charge in [-0.25, -0.2) is 0 Å². The standard InChI is InChI=1S/C24H27F3N2O3/c1-28-12-10-15(11-13-28)14-29-21(16-6-8-17(9-7-16)24(25,26)27)20(23(31)32)18-4-2-3-5-19(18)22(29)30/h2-9,15,20-22,30H,10-14H2,1H3,(H,31,32). The zero-order chi connectivity index (χ0) is 23.0. The third-order valence-corrected chi connectivity index (χ3v) is 6.75. The number of piperidine rings is 1. The van der Waals surface area contributed by atoms with Gasteiger partial charge in [-0.1, -0.05) is 36.4 Å². The van der Waals surface area contributed by atoms with Crippen LogP contribution in [-0.2, 0) is 11.0 Å². The molecule has 2 aliphatic heterocycles. The monoisotopic (exact) mass is 448 g/mol. The number of carboxylic acid groups (broad SMARTS) is 1. The van der Waals surface area contributed by atoms with Gasteiger partial charge in [0.15, 0.2) is 0 Å². The summed E-state index contributed by atoms with van der Waals surface area (Å²) in [5, 5.41) is 21.4. The summed E-state index contributed by atoms with van der Waals surface area (Å²) in [6.45, 7) is 2.30. The molecule has 2 heterocycles. The highest BCUT2D eigenvalue weighted by Gasteiger charge is 2.45. The van der Waals surface area contributed by atoms with Gasteiger partial charge in [-0.15, -0.1) is 0 Å². The van der Waals surface area contributed by atoms with Crippen molar-refractivity contribution in [1.29, 1.82) is 0 Å². The van der Waals surface area contributed by atoms with Crippen molar-refractivity contribution in [2.45, 2.75) is 37.2 Å². The number of benzene rings is 2. The predicted octanol–water partition coefficient (Wildman–Crippen LogP) is 4.26. The first-order valence-electron chi connectivity index (χ1n) is 10.8. The average molecular weight is 448 g/mol. The Balaban J connectivity index is 1.76. The van der Waals surface area contributed by atoms with E-state index in [0.29, 0.717) is 23.2 Å². The number of aliphatic hydroxyl groups is 1. The molecule has 0 bridgehead atoms. The number of aliphatic hydroxyl groups excluding tert-OH is 1. The SMILES string of the molecule is CN1CCC(CN2C(O)c3ccccc3C(C(=O)O)C2c2ccc(C(F)(F)F)cc2)CC1. The fraction of sp³-hybridized carbons (Fsp3) is 0.458. The molecule has 5 nitrogen and oxygen atoms in total. The van der Waals surface area contributed by atoms with Crippen molar-refractivity contribution in [3.63, 3.8) is 0 Å². The number of hydrogen-bond donors (Lipinski definition) is 2. The second-order valence-corrected chi connectivity index (χ2v) is 8.83. The first-order valence-corrected chi connectivity index (χ1v) is 10.8. The Morgan fingerprint density at radius 3 is 2.19 bits per heavy atom. The maximum absolute atomic E-state index is 13.1. The van der Waals surface area contributed by atoms with Crippen LogP contribution in [0.2, 0.25) is 0 Å². The molecule has 2 aromatic carbocycles. The number of carboxylic acids is 1. The lowest BCUT2D eigenvalue weighted by Gasteiger charge is -2.46. The Morgan fingerprint density at radius 2 is 1.62 bits per heavy atom. The molecule has 0 spiro atoms. The van der Waals surface area contributed by atoms with Crippen molar-refractivity contribution in [2.75, 3.05) is 26.7 Å². The largest absolute Gasteiger partial charge is 0.481 e. The highest BCUT2D eigenvalue weighted by molar-refractivity contribution is 5.78. The average Bonchev–Trinajstić information content (AvgIpc) is 2.76. The van der Waals surface area contributed by atoms with Crippen LogP contribution >= 0.6 is 0 Å². The third-order valence-electron chi connectivity index (χ3n) is 6.75. The fourth-order valence-corrected chi connectivity index (χ4v) is 5.00. The lowest BCUT2D eigenvalue weighted by molar-refractivity contribution is -0.145. The van der Waals surface area contributed by atoms with Crippen LogP contribution in [0, 0.1) is 5.92 Å². The van der Waals surface area contributed by atoms with Gasteiger partial charge in [0.2, 0.25) is 0 Å². The van der Waals surface area contributed by atoms with Crippen LogP contribution in [-0.4, -0.2) is 52.7 Å². The number of alkyl halides is 3. The van der Waals surface area contributed by atoms with E-state index < -0.39 is 35.9 Å². The lowest BCUT2D eigenvalue weighted by atomic mass is 9.78. The molecule has 172 valence electrons. The molecule has 32 heavy (non-hydrogen) atoms. The van der Waals surface area contributed by atoms with E-state index in [9.17, 15) is 28.2 Å². The maximum atomic E-state index is 13.1. The number of hydrogen-bond acceptors (Lipinski definition) is 4. The molecular formula is C24H27F3N2O3. The summed E-state index contributed by atoms with van der Waals surface area (Å²) in [6.07, 6.45) is -3.68. The topological polar surface area (TPSA) is 64.0 Å². The van der Waals surface area contributed by atoms with E-state index in [1.807, 2.05) is 7.05 Å². The van der Waals surface area contributed by atoms with E-state index in [1.165, 1.54) is 12.1 Å². The van der Waals surface area contributed by atoms with Gasteiger partial charge in [0.1, 0.15) is 12.1 Å². The molecule has 0 saturated carbocycles. The van der Waals surface area contributed by atoms with Crippen LogP contribution in [0.4, 0.5) is 13.2 Å². The van der Waals surface area contributed by atoms with Crippen LogP contribution in [0.5, 0.6) is 0 Å². The zero-order valence-electron chi connectivity index (χ0n) is 17.8. The van der Waals surface area contributed by atoms with Crippen molar-refractivity contribution in [3.8, 4) is 0 Å². The Bertz CT molecular complexity index is 956. The molecule has 2 N–H and O–H groups in total. The Kier molecular flexibility index (Phi) is 6.29. The van der Waals surface area contributed by atoms with Crippen LogP contribution in [0.1, 0.15) is 53.3 Å². The van der Waals surface area contributed by atoms with Crippen molar-refractivity contribution in [3.05, 3.63) is 70.8 Å². The summed E-state index contributed by atoms with van der Waals surface area (Å²) < 4.78 is 39.3. The van der Waals surface area contributed by atoms with Crippen molar-refractivity contribution >= 4 is 5.97 Å². The van der Waals surface area contributed by atoms with Crippen molar-refractivity contribution < 1.29 is 28.2 Å². The number of halogens is 3. The normalized spacial score (nSPS) is 25.5. The summed E-state index contributed by atoms with van der Waals surface area (Å²) in [4.78, 5) is 16.4. The summed E-state index contributed by atoms with van der Waals surface area (Å²) in [5.41, 5.74) is 0.701. The number of fused-ring (bicyclic) bond motifs is 1. The molecule has 0 aliphatic carbocycles. The van der Waals surface area contributed by atoms with Gasteiger partial charge in [0.05, 0.1) is 11.6 Å². The van der Waals surface area contributed by atoms with Gasteiger partial charge in [-0.05, 0) is 67.7 Å². The van der Waals surface area contributed by atoms with Gasteiger partial charge in [-0.3, -0.25) is 9.69 Å². The molecule has 1 saturated heterocycles. The molecule has 1 fully saturated rings. The number of nitrogens with zero attached hydrogens (tertiary/aromatic N) is 2. The minimum absolute atomic E-state index is 0.262. The minimum atomic E-state index is -4.47. The summed E-state index contributed by atoms with van der Waals surface area (Å²) in [7, 11) is 2.05. The van der Waals surface area contributed by atoms with Gasteiger partial charge in [0, 0.05) is 6.54 Å². The summed E-state index contributed by atoms with van der Waals surface area (Å²) in [5.74, 6) is -1.81. The molecule has 2 aliphatic rings. The highest BCUT2D eigenvalue weighted by Crippen LogP contribution is 2.48. The van der Waals surface area contributed by atoms with Crippen LogP contribution in [0.3, 0.4) is 0 Å². The Labute approximate surface area is 185 Å². The van der Waals surface area contributed by atoms with Crippen LogP contribution in [0.15, 0.2) is 48.5 Å². The zero-order valence-corrected chi connectivity index (χ0v) is 17.8. The smallest absolute Gasteiger partial charge is 0.416 e. The van der Waals surface area contributed by atoms with Crippen LogP contribution in [0.25, 0.3) is 0 Å². The van der Waals surface area contributed by atoms with Gasteiger partial charge >= 0.3 is 12.1 Å². The fourth-order valence-electron chi connectivity index (χ4n) is 5.00. The Morgan fingerprint density at radius 1 is 1.03 bits per heavy atom. The molecule has 0 radical (unpaired) electrons. The van der Waals surface area contributed by atoms with Gasteiger partial charge < -0.3 is 15.1 Å². The van der Waals surface area contributed by atoms with E-state index in [0.717, 1.165) is 38.1 Å². The van der Waals surface area contributed by atoms with Crippen LogP contribution < -0.4 is 0 Å². The van der Waals surface area contributed by atoms with E-state index in [2.05, 4.69) is 4.90 Å². The number of aliphatic carboxylic acids is 1. The molecule has 3 atom stereocenters.